The van der Waals surface area contributed by atoms with Crippen LogP contribution in [0.25, 0.3) is 0 Å². The number of aromatic nitrogens is 1. The largest absolute Gasteiger partial charge is 0.496 e. The van der Waals surface area contributed by atoms with Gasteiger partial charge in [0.2, 0.25) is 0 Å². The zero-order valence-corrected chi connectivity index (χ0v) is 12.3. The molecule has 2 rings (SSSR count). The lowest BCUT2D eigenvalue weighted by molar-refractivity contribution is 0.407. The van der Waals surface area contributed by atoms with Gasteiger partial charge in [0, 0.05) is 38.9 Å². The van der Waals surface area contributed by atoms with Gasteiger partial charge in [-0.1, -0.05) is 18.2 Å². The Kier molecular flexibility index (Phi) is 4.96. The molecule has 20 heavy (non-hydrogen) atoms. The van der Waals surface area contributed by atoms with Gasteiger partial charge in [-0.05, 0) is 23.8 Å². The molecule has 0 saturated heterocycles. The summed E-state index contributed by atoms with van der Waals surface area (Å²) < 4.78 is 5.34. The first-order valence-electron chi connectivity index (χ1n) is 6.65. The molecule has 4 nitrogen and oxygen atoms in total. The molecule has 4 heteroatoms. The van der Waals surface area contributed by atoms with Crippen LogP contribution >= 0.6 is 0 Å². The maximum atomic E-state index is 5.34. The van der Waals surface area contributed by atoms with Gasteiger partial charge in [0.1, 0.15) is 11.6 Å². The van der Waals surface area contributed by atoms with E-state index in [4.69, 9.17) is 4.74 Å². The summed E-state index contributed by atoms with van der Waals surface area (Å²) >= 11 is 0. The molecule has 0 bridgehead atoms. The highest BCUT2D eigenvalue weighted by Crippen LogP contribution is 2.17. The molecule has 0 atom stereocenters. The summed E-state index contributed by atoms with van der Waals surface area (Å²) in [5.74, 6) is 1.89. The van der Waals surface area contributed by atoms with Crippen LogP contribution in [0.5, 0.6) is 5.75 Å². The van der Waals surface area contributed by atoms with Crippen molar-refractivity contribution >= 4 is 5.82 Å². The zero-order valence-electron chi connectivity index (χ0n) is 12.3. The lowest BCUT2D eigenvalue weighted by atomic mass is 10.2. The lowest BCUT2D eigenvalue weighted by Crippen LogP contribution is -2.15. The molecule has 0 aliphatic rings. The quantitative estimate of drug-likeness (QED) is 0.875. The van der Waals surface area contributed by atoms with Crippen molar-refractivity contribution in [3.63, 3.8) is 0 Å². The number of nitrogens with one attached hydrogen (secondary N) is 1. The summed E-state index contributed by atoms with van der Waals surface area (Å²) in [5, 5.41) is 3.43. The molecule has 0 aliphatic carbocycles. The highest BCUT2D eigenvalue weighted by molar-refractivity contribution is 5.39. The third-order valence-corrected chi connectivity index (χ3v) is 3.11. The number of pyridine rings is 1. The minimum Gasteiger partial charge on any atom is -0.496 e. The van der Waals surface area contributed by atoms with Gasteiger partial charge in [-0.3, -0.25) is 0 Å². The van der Waals surface area contributed by atoms with Crippen molar-refractivity contribution in [2.45, 2.75) is 13.1 Å². The number of para-hydroxylation sites is 1. The van der Waals surface area contributed by atoms with Crippen LogP contribution in [0, 0.1) is 0 Å². The second-order valence-electron chi connectivity index (χ2n) is 4.83. The van der Waals surface area contributed by atoms with Crippen molar-refractivity contribution in [2.75, 3.05) is 26.1 Å². The normalized spacial score (nSPS) is 10.3. The van der Waals surface area contributed by atoms with Gasteiger partial charge >= 0.3 is 0 Å². The van der Waals surface area contributed by atoms with Crippen molar-refractivity contribution in [1.29, 1.82) is 0 Å². The number of benzene rings is 1. The number of hydrogen-bond acceptors (Lipinski definition) is 4. The molecular formula is C16H21N3O. The smallest absolute Gasteiger partial charge is 0.128 e. The van der Waals surface area contributed by atoms with Crippen LogP contribution in [0.4, 0.5) is 5.82 Å². The highest BCUT2D eigenvalue weighted by Gasteiger charge is 2.02. The SMILES string of the molecule is COc1ccccc1CNCc1ccnc(N(C)C)c1. The van der Waals surface area contributed by atoms with E-state index in [-0.39, 0.29) is 0 Å². The van der Waals surface area contributed by atoms with Crippen LogP contribution in [-0.2, 0) is 13.1 Å². The Hall–Kier alpha value is -2.07. The Labute approximate surface area is 120 Å². The molecule has 106 valence electrons. The van der Waals surface area contributed by atoms with Gasteiger partial charge in [-0.2, -0.15) is 0 Å². The summed E-state index contributed by atoms with van der Waals surface area (Å²) in [6, 6.07) is 12.2. The van der Waals surface area contributed by atoms with Crippen LogP contribution in [-0.4, -0.2) is 26.2 Å². The van der Waals surface area contributed by atoms with E-state index in [0.717, 1.165) is 30.2 Å². The standard InChI is InChI=1S/C16H21N3O/c1-19(2)16-10-13(8-9-18-16)11-17-12-14-6-4-5-7-15(14)20-3/h4-10,17H,11-12H2,1-3H3. The molecule has 1 N–H and O–H groups in total. The van der Waals surface area contributed by atoms with E-state index in [1.807, 2.05) is 49.5 Å². The number of ether oxygens (including phenoxy) is 1. The maximum absolute atomic E-state index is 5.34. The molecule has 0 unspecified atom stereocenters. The fourth-order valence-electron chi connectivity index (χ4n) is 2.01. The third-order valence-electron chi connectivity index (χ3n) is 3.11. The van der Waals surface area contributed by atoms with Gasteiger partial charge < -0.3 is 15.0 Å². The van der Waals surface area contributed by atoms with Crippen molar-refractivity contribution in [3.05, 3.63) is 53.7 Å². The highest BCUT2D eigenvalue weighted by atomic mass is 16.5. The average Bonchev–Trinajstić information content (AvgIpc) is 2.48. The van der Waals surface area contributed by atoms with Crippen LogP contribution in [0.2, 0.25) is 0 Å². The fraction of sp³-hybridized carbons (Fsp3) is 0.312. The third kappa shape index (κ3) is 3.71. The predicted octanol–water partition coefficient (Wildman–Crippen LogP) is 2.45. The van der Waals surface area contributed by atoms with Gasteiger partial charge in [-0.25, -0.2) is 4.98 Å². The van der Waals surface area contributed by atoms with Crippen LogP contribution in [0.3, 0.4) is 0 Å². The molecular weight excluding hydrogens is 250 g/mol. The fourth-order valence-corrected chi connectivity index (χ4v) is 2.01. The molecule has 0 amide bonds. The number of methoxy groups -OCH3 is 1. The van der Waals surface area contributed by atoms with E-state index in [2.05, 4.69) is 22.4 Å². The molecule has 0 saturated carbocycles. The average molecular weight is 271 g/mol. The Morgan fingerprint density at radius 2 is 1.95 bits per heavy atom. The summed E-state index contributed by atoms with van der Waals surface area (Å²) in [6.45, 7) is 1.59. The Morgan fingerprint density at radius 3 is 2.70 bits per heavy atom. The topological polar surface area (TPSA) is 37.4 Å². The first kappa shape index (κ1) is 14.3. The van der Waals surface area contributed by atoms with Gasteiger partial charge in [0.05, 0.1) is 7.11 Å². The van der Waals surface area contributed by atoms with Crippen molar-refractivity contribution in [2.24, 2.45) is 0 Å². The van der Waals surface area contributed by atoms with Crippen LogP contribution in [0.15, 0.2) is 42.6 Å². The first-order valence-corrected chi connectivity index (χ1v) is 6.65. The Morgan fingerprint density at radius 1 is 1.15 bits per heavy atom. The van der Waals surface area contributed by atoms with Crippen LogP contribution < -0.4 is 15.0 Å². The van der Waals surface area contributed by atoms with E-state index >= 15 is 0 Å². The predicted molar refractivity (Wildman–Crippen MR) is 82.1 cm³/mol. The molecule has 1 heterocycles. The molecule has 0 aliphatic heterocycles. The summed E-state index contributed by atoms with van der Waals surface area (Å²) in [6.07, 6.45) is 1.84. The van der Waals surface area contributed by atoms with Crippen LogP contribution in [0.1, 0.15) is 11.1 Å². The van der Waals surface area contributed by atoms with E-state index in [1.54, 1.807) is 7.11 Å². The second kappa shape index (κ2) is 6.91. The number of anilines is 1. The summed E-state index contributed by atoms with van der Waals surface area (Å²) in [4.78, 5) is 6.31. The molecule has 0 radical (unpaired) electrons. The van der Waals surface area contributed by atoms with E-state index < -0.39 is 0 Å². The summed E-state index contributed by atoms with van der Waals surface area (Å²) in [5.41, 5.74) is 2.38. The van der Waals surface area contributed by atoms with E-state index in [1.165, 1.54) is 5.56 Å². The monoisotopic (exact) mass is 271 g/mol. The minimum absolute atomic E-state index is 0.781. The van der Waals surface area contributed by atoms with Gasteiger partial charge in [0.15, 0.2) is 0 Å². The summed E-state index contributed by atoms with van der Waals surface area (Å²) in [7, 11) is 5.69. The van der Waals surface area contributed by atoms with E-state index in [0.29, 0.717) is 0 Å². The number of nitrogens with zero attached hydrogens (tertiary/aromatic N) is 2. The molecule has 0 spiro atoms. The van der Waals surface area contributed by atoms with Gasteiger partial charge in [-0.15, -0.1) is 0 Å². The molecule has 1 aromatic heterocycles. The minimum atomic E-state index is 0.781. The Bertz CT molecular complexity index is 555. The zero-order chi connectivity index (χ0) is 14.4. The van der Waals surface area contributed by atoms with Crippen molar-refractivity contribution in [1.82, 2.24) is 10.3 Å². The molecule has 0 fully saturated rings. The number of rotatable bonds is 6. The molecule has 2 aromatic rings. The second-order valence-corrected chi connectivity index (χ2v) is 4.83. The van der Waals surface area contributed by atoms with Crippen molar-refractivity contribution < 1.29 is 4.74 Å². The Balaban J connectivity index is 1.94. The van der Waals surface area contributed by atoms with Crippen molar-refractivity contribution in [3.8, 4) is 5.75 Å². The molecule has 1 aromatic carbocycles. The first-order chi connectivity index (χ1) is 9.70. The van der Waals surface area contributed by atoms with E-state index in [9.17, 15) is 0 Å². The lowest BCUT2D eigenvalue weighted by Gasteiger charge is -2.13. The number of hydrogen-bond donors (Lipinski definition) is 1. The van der Waals surface area contributed by atoms with Gasteiger partial charge in [0.25, 0.3) is 0 Å². The maximum Gasteiger partial charge on any atom is 0.128 e.